The van der Waals surface area contributed by atoms with Crippen LogP contribution in [0.4, 0.5) is 32.0 Å². The minimum absolute atomic E-state index is 0.0117. The summed E-state index contributed by atoms with van der Waals surface area (Å²) in [6.07, 6.45) is -10.7. The lowest BCUT2D eigenvalue weighted by molar-refractivity contribution is -0.142. The van der Waals surface area contributed by atoms with E-state index in [0.717, 1.165) is 6.07 Å². The Labute approximate surface area is 680 Å². The maximum absolute atomic E-state index is 16.8. The summed E-state index contributed by atoms with van der Waals surface area (Å²) in [5.41, 5.74) is 5.31. The molecule has 570 valence electrons. The fraction of sp³-hybridized carbons (Fsp3) is 0.0202. The molecule has 20 rings (SSSR count). The van der Waals surface area contributed by atoms with E-state index in [-0.39, 0.29) is 52.0 Å². The van der Waals surface area contributed by atoms with Crippen LogP contribution in [-0.2, 0) is 12.4 Å². The zero-order valence-electron chi connectivity index (χ0n) is 62.9. The first-order valence-electron chi connectivity index (χ1n) is 38.2. The molecule has 0 fully saturated rings. The first-order valence-corrected chi connectivity index (χ1v) is 38.2. The lowest BCUT2D eigenvalue weighted by atomic mass is 9.93. The van der Waals surface area contributed by atoms with Gasteiger partial charge in [0.15, 0.2) is 75.6 Å². The maximum atomic E-state index is 16.8. The van der Waals surface area contributed by atoms with Crippen molar-refractivity contribution in [3.8, 4) is 159 Å². The molecule has 0 atom stereocenters. The number of aromatic nitrogens is 14. The molecule has 0 unspecified atom stereocenters. The molecule has 0 amide bonds. The summed E-state index contributed by atoms with van der Waals surface area (Å²) < 4.78 is 100.0. The molecule has 0 saturated carbocycles. The summed E-state index contributed by atoms with van der Waals surface area (Å²) in [6.45, 7) is 9.11. The van der Waals surface area contributed by atoms with Crippen molar-refractivity contribution in [3.05, 3.63) is 368 Å². The molecule has 6 heterocycles. The van der Waals surface area contributed by atoms with E-state index >= 15 is 26.3 Å². The molecule has 0 bridgehead atoms. The van der Waals surface area contributed by atoms with Gasteiger partial charge in [0.1, 0.15) is 0 Å². The van der Waals surface area contributed by atoms with E-state index in [2.05, 4.69) is 4.85 Å². The van der Waals surface area contributed by atoms with Crippen molar-refractivity contribution in [2.45, 2.75) is 12.4 Å². The van der Waals surface area contributed by atoms with Gasteiger partial charge in [0.05, 0.1) is 39.8 Å². The van der Waals surface area contributed by atoms with E-state index in [1.807, 2.05) is 267 Å². The minimum atomic E-state index is -5.44. The van der Waals surface area contributed by atoms with E-state index in [0.29, 0.717) is 163 Å². The molecule has 15 nitrogen and oxygen atoms in total. The molecule has 0 aliphatic heterocycles. The predicted octanol–water partition coefficient (Wildman–Crippen LogP) is 24.9. The van der Waals surface area contributed by atoms with Crippen LogP contribution in [0.3, 0.4) is 0 Å². The third-order valence-electron chi connectivity index (χ3n) is 21.0. The topological polar surface area (TPSA) is 169 Å². The number of nitrogens with zero attached hydrogens (tertiary/aromatic N) is 15. The highest BCUT2D eigenvalue weighted by Gasteiger charge is 2.40. The van der Waals surface area contributed by atoms with Crippen molar-refractivity contribution in [2.75, 3.05) is 0 Å². The van der Waals surface area contributed by atoms with Crippen molar-refractivity contribution < 1.29 is 26.3 Å². The smallest absolute Gasteiger partial charge is 0.310 e. The summed E-state index contributed by atoms with van der Waals surface area (Å²) in [5.74, 6) is 4.16. The molecule has 21 heteroatoms. The molecule has 6 aromatic heterocycles. The van der Waals surface area contributed by atoms with E-state index in [4.69, 9.17) is 66.4 Å². The van der Waals surface area contributed by atoms with Gasteiger partial charge in [-0.05, 0) is 103 Å². The average molecular weight is 1570 g/mol. The Hall–Kier alpha value is -16.2. The Morgan fingerprint density at radius 1 is 0.225 bits per heavy atom. The van der Waals surface area contributed by atoms with Crippen LogP contribution in [0, 0.1) is 6.57 Å². The second-order valence-electron chi connectivity index (χ2n) is 28.5. The minimum Gasteiger partial charge on any atom is -0.310 e. The second kappa shape index (κ2) is 29.9. The molecule has 120 heavy (non-hydrogen) atoms. The lowest BCUT2D eigenvalue weighted by Crippen LogP contribution is -2.13. The van der Waals surface area contributed by atoms with Gasteiger partial charge in [-0.3, -0.25) is 0 Å². The van der Waals surface area contributed by atoms with Crippen molar-refractivity contribution in [2.24, 2.45) is 0 Å². The molecule has 0 aliphatic carbocycles. The van der Waals surface area contributed by atoms with Crippen LogP contribution in [0.1, 0.15) is 11.1 Å². The number of benzene rings is 14. The van der Waals surface area contributed by atoms with Gasteiger partial charge in [-0.15, -0.1) is 0 Å². The van der Waals surface area contributed by atoms with Gasteiger partial charge in [-0.1, -0.05) is 249 Å². The highest BCUT2D eigenvalue weighted by Crippen LogP contribution is 2.51. The summed E-state index contributed by atoms with van der Waals surface area (Å²) in [5, 5.41) is 2.06. The molecule has 0 radical (unpaired) electrons. The first kappa shape index (κ1) is 72.7. The Bertz CT molecular complexity index is 6430. The predicted molar refractivity (Wildman–Crippen MR) is 456 cm³/mol. The SMILES string of the molecule is [C-]#[N+]c1cc(-n2c3ccc(-c4nc(-c5ccccc5)nc(-c5ccccc5)n4)cc3c3cc(-c4nc(-c5ccccc5)nc(-c5ccccc5)n4)ccc32)c(-c2ccc(C(F)(F)F)cc2C(F)(F)F)c(-n2c3ccc(-c4nc(-c5ccccc5)nc(-c5ccccc5)n4)cc3c3cc(-c4nc(-c5ccccc5)nc(-c5ccccc5)n4)ccc32)c1. The Balaban J connectivity index is 0.891. The zero-order valence-corrected chi connectivity index (χ0v) is 62.9. The molecular weight excluding hydrogens is 1510 g/mol. The maximum Gasteiger partial charge on any atom is 0.417 e. The fourth-order valence-electron chi connectivity index (χ4n) is 15.3. The third kappa shape index (κ3) is 13.7. The quantitative estimate of drug-likeness (QED) is 0.0704. The molecule has 0 N–H and O–H groups in total. The van der Waals surface area contributed by atoms with Crippen molar-refractivity contribution in [1.29, 1.82) is 0 Å². The Morgan fingerprint density at radius 2 is 0.442 bits per heavy atom. The molecule has 0 saturated heterocycles. The first-order chi connectivity index (χ1) is 58.7. The van der Waals surface area contributed by atoms with Gasteiger partial charge in [0, 0.05) is 105 Å². The van der Waals surface area contributed by atoms with E-state index < -0.39 is 29.0 Å². The largest absolute Gasteiger partial charge is 0.417 e. The van der Waals surface area contributed by atoms with Crippen LogP contribution in [0.5, 0.6) is 0 Å². The highest BCUT2D eigenvalue weighted by molar-refractivity contribution is 6.15. The second-order valence-corrected chi connectivity index (χ2v) is 28.5. The normalized spacial score (nSPS) is 11.7. The number of fused-ring (bicyclic) bond motifs is 6. The molecule has 20 aromatic rings. The van der Waals surface area contributed by atoms with Crippen LogP contribution < -0.4 is 0 Å². The summed E-state index contributed by atoms with van der Waals surface area (Å²) in [7, 11) is 0. The Morgan fingerprint density at radius 3 is 0.642 bits per heavy atom. The van der Waals surface area contributed by atoms with Gasteiger partial charge in [0.25, 0.3) is 0 Å². The third-order valence-corrected chi connectivity index (χ3v) is 21.0. The van der Waals surface area contributed by atoms with Gasteiger partial charge in [-0.2, -0.15) is 26.3 Å². The molecule has 0 spiro atoms. The van der Waals surface area contributed by atoms with Crippen molar-refractivity contribution in [3.63, 3.8) is 0 Å². The lowest BCUT2D eigenvalue weighted by Gasteiger charge is -2.24. The van der Waals surface area contributed by atoms with Crippen molar-refractivity contribution in [1.82, 2.24) is 68.9 Å². The molecule has 0 aliphatic rings. The fourth-order valence-corrected chi connectivity index (χ4v) is 15.3. The molecule has 14 aromatic carbocycles. The van der Waals surface area contributed by atoms with Crippen LogP contribution >= 0.6 is 0 Å². The zero-order chi connectivity index (χ0) is 81.2. The number of hydrogen-bond acceptors (Lipinski definition) is 12. The standard InChI is InChI=1S/C99H57F6N15/c1-106-72-57-83(119-79-48-42-67(94-111-86(59-26-10-2-11-27-59)107-87(112-94)60-28-12-3-13-29-60)52-74(79)75-53-68(43-49-80(75)119)95-113-88(61-30-14-4-15-31-61)108-89(114-95)62-32-16-5-17-33-62)85(73-47-46-71(98(100,101)102)56-78(73)99(103,104)105)84(58-72)120-81-50-44-69(96-115-90(63-34-18-6-19-35-63)109-91(116-96)64-36-20-7-21-37-64)54-76(81)77-55-70(45-51-82(77)120)97-117-92(65-38-22-8-23-39-65)110-93(118-97)66-40-24-9-25-41-66/h2-58H. The number of halogens is 6. The number of alkyl halides is 6. The highest BCUT2D eigenvalue weighted by atomic mass is 19.4. The summed E-state index contributed by atoms with van der Waals surface area (Å²) >= 11 is 0. The van der Waals surface area contributed by atoms with Crippen LogP contribution in [0.2, 0.25) is 0 Å². The van der Waals surface area contributed by atoms with Gasteiger partial charge < -0.3 is 9.13 Å². The van der Waals surface area contributed by atoms with Crippen LogP contribution in [-0.4, -0.2) is 68.9 Å². The van der Waals surface area contributed by atoms with Crippen LogP contribution in [0.25, 0.3) is 208 Å². The monoisotopic (exact) mass is 1570 g/mol. The van der Waals surface area contributed by atoms with Crippen molar-refractivity contribution >= 4 is 49.3 Å². The van der Waals surface area contributed by atoms with E-state index in [9.17, 15) is 0 Å². The Kier molecular flexibility index (Phi) is 18.1. The number of hydrogen-bond donors (Lipinski definition) is 0. The van der Waals surface area contributed by atoms with E-state index in [1.54, 1.807) is 57.7 Å². The van der Waals surface area contributed by atoms with Crippen LogP contribution in [0.15, 0.2) is 346 Å². The van der Waals surface area contributed by atoms with E-state index in [1.165, 1.54) is 12.1 Å². The molecular formula is C99H57F6N15. The van der Waals surface area contributed by atoms with Gasteiger partial charge >= 0.3 is 12.4 Å². The summed E-state index contributed by atoms with van der Waals surface area (Å²) in [6, 6.07) is 102. The van der Waals surface area contributed by atoms with Gasteiger partial charge in [-0.25, -0.2) is 64.7 Å². The summed E-state index contributed by atoms with van der Waals surface area (Å²) in [4.78, 5) is 65.1. The number of rotatable bonds is 15. The van der Waals surface area contributed by atoms with Gasteiger partial charge in [0.2, 0.25) is 0 Å². The average Bonchev–Trinajstić information content (AvgIpc) is 1.53.